The van der Waals surface area contributed by atoms with Crippen LogP contribution in [-0.4, -0.2) is 54.0 Å². The van der Waals surface area contributed by atoms with Crippen LogP contribution in [0.2, 0.25) is 0 Å². The van der Waals surface area contributed by atoms with Crippen molar-refractivity contribution in [2.75, 3.05) is 45.0 Å². The molecule has 29 heavy (non-hydrogen) atoms. The maximum Gasteiger partial charge on any atom is 0.297 e. The van der Waals surface area contributed by atoms with Gasteiger partial charge in [0, 0.05) is 12.6 Å². The molecule has 0 saturated heterocycles. The molecule has 0 unspecified atom stereocenters. The van der Waals surface area contributed by atoms with Crippen molar-refractivity contribution in [3.05, 3.63) is 54.6 Å². The smallest absolute Gasteiger partial charge is 0.297 e. The van der Waals surface area contributed by atoms with E-state index in [-0.39, 0.29) is 24.0 Å². The molecule has 0 saturated carbocycles. The van der Waals surface area contributed by atoms with Gasteiger partial charge < -0.3 is 19.5 Å². The van der Waals surface area contributed by atoms with Crippen LogP contribution >= 0.6 is 0 Å². The third-order valence-corrected chi connectivity index (χ3v) is 4.87. The molecule has 0 radical (unpaired) electrons. The second kappa shape index (κ2) is 12.2. The van der Waals surface area contributed by atoms with E-state index in [4.69, 9.17) is 18.4 Å². The highest BCUT2D eigenvalue weighted by Crippen LogP contribution is 2.15. The largest absolute Gasteiger partial charge is 0.491 e. The van der Waals surface area contributed by atoms with E-state index in [1.54, 1.807) is 42.5 Å². The summed E-state index contributed by atoms with van der Waals surface area (Å²) < 4.78 is 44.9. The molecule has 158 valence electrons. The summed E-state index contributed by atoms with van der Waals surface area (Å²) in [6, 6.07) is 15.0. The van der Waals surface area contributed by atoms with Crippen LogP contribution in [0.4, 0.5) is 5.69 Å². The average Bonchev–Trinajstić information content (AvgIpc) is 2.71. The van der Waals surface area contributed by atoms with Crippen molar-refractivity contribution in [1.82, 2.24) is 0 Å². The summed E-state index contributed by atoms with van der Waals surface area (Å²) >= 11 is 0. The van der Waals surface area contributed by atoms with E-state index in [2.05, 4.69) is 5.32 Å². The van der Waals surface area contributed by atoms with Gasteiger partial charge in [-0.2, -0.15) is 8.42 Å². The maximum atomic E-state index is 11.9. The molecule has 0 aliphatic carbocycles. The van der Waals surface area contributed by atoms with Crippen LogP contribution in [0.3, 0.4) is 0 Å². The van der Waals surface area contributed by atoms with Crippen molar-refractivity contribution in [2.45, 2.75) is 11.8 Å². The Labute approximate surface area is 170 Å². The molecule has 0 heterocycles. The first-order valence-corrected chi connectivity index (χ1v) is 10.5. The predicted octanol–water partition coefficient (Wildman–Crippen LogP) is 2.46. The summed E-state index contributed by atoms with van der Waals surface area (Å²) in [5.41, 5.74) is 0.707. The average molecular weight is 423 g/mol. The van der Waals surface area contributed by atoms with E-state index in [0.717, 1.165) is 0 Å². The lowest BCUT2D eigenvalue weighted by atomic mass is 10.3. The topological polar surface area (TPSA) is 100 Å². The molecule has 0 fully saturated rings. The molecular weight excluding hydrogens is 398 g/mol. The Morgan fingerprint density at radius 2 is 1.41 bits per heavy atom. The Bertz CT molecular complexity index is 839. The molecule has 0 atom stereocenters. The third-order valence-electron chi connectivity index (χ3n) is 3.54. The first kappa shape index (κ1) is 22.8. The van der Waals surface area contributed by atoms with Gasteiger partial charge in [0.25, 0.3) is 10.1 Å². The number of nitrogens with one attached hydrogen (secondary N) is 1. The van der Waals surface area contributed by atoms with E-state index < -0.39 is 10.1 Å². The zero-order valence-corrected chi connectivity index (χ0v) is 17.0. The lowest BCUT2D eigenvalue weighted by molar-refractivity contribution is -0.114. The van der Waals surface area contributed by atoms with Crippen LogP contribution in [0.5, 0.6) is 5.75 Å². The minimum atomic E-state index is -3.75. The van der Waals surface area contributed by atoms with Gasteiger partial charge in [-0.25, -0.2) is 0 Å². The molecule has 1 N–H and O–H groups in total. The predicted molar refractivity (Wildman–Crippen MR) is 107 cm³/mol. The number of benzene rings is 2. The van der Waals surface area contributed by atoms with Crippen LogP contribution < -0.4 is 10.1 Å². The number of rotatable bonds is 13. The zero-order valence-electron chi connectivity index (χ0n) is 16.2. The molecule has 1 amide bonds. The van der Waals surface area contributed by atoms with Crippen LogP contribution in [0.15, 0.2) is 59.5 Å². The quantitative estimate of drug-likeness (QED) is 0.390. The first-order chi connectivity index (χ1) is 14.0. The van der Waals surface area contributed by atoms with Crippen molar-refractivity contribution in [2.24, 2.45) is 0 Å². The number of hydrogen-bond acceptors (Lipinski definition) is 7. The molecule has 9 heteroatoms. The van der Waals surface area contributed by atoms with Gasteiger partial charge in [-0.05, 0) is 36.4 Å². The minimum Gasteiger partial charge on any atom is -0.491 e. The standard InChI is InChI=1S/C20H25NO7S/c1-17(22)21-18-7-9-19(10-8-18)27-15-13-25-11-12-26-14-16-28-29(23,24)20-5-3-2-4-6-20/h2-10H,11-16H2,1H3,(H,21,22). The Hall–Kier alpha value is -2.46. The Balaban J connectivity index is 1.48. The monoisotopic (exact) mass is 423 g/mol. The number of carbonyl (C=O) groups is 1. The second-order valence-corrected chi connectivity index (χ2v) is 7.48. The summed E-state index contributed by atoms with van der Waals surface area (Å²) in [5.74, 6) is 0.550. The minimum absolute atomic E-state index is 0.0607. The fourth-order valence-electron chi connectivity index (χ4n) is 2.24. The number of amides is 1. The van der Waals surface area contributed by atoms with Gasteiger partial charge >= 0.3 is 0 Å². The van der Waals surface area contributed by atoms with Gasteiger partial charge in [-0.15, -0.1) is 0 Å². The summed E-state index contributed by atoms with van der Waals surface area (Å²) in [6.07, 6.45) is 0. The fourth-order valence-corrected chi connectivity index (χ4v) is 3.15. The van der Waals surface area contributed by atoms with Crippen molar-refractivity contribution in [3.63, 3.8) is 0 Å². The van der Waals surface area contributed by atoms with Gasteiger partial charge in [0.15, 0.2) is 0 Å². The van der Waals surface area contributed by atoms with Crippen molar-refractivity contribution >= 4 is 21.7 Å². The highest BCUT2D eigenvalue weighted by Gasteiger charge is 2.13. The third kappa shape index (κ3) is 9.05. The fraction of sp³-hybridized carbons (Fsp3) is 0.350. The van der Waals surface area contributed by atoms with Crippen LogP contribution in [0.25, 0.3) is 0 Å². The van der Waals surface area contributed by atoms with Crippen molar-refractivity contribution < 1.29 is 31.6 Å². The summed E-state index contributed by atoms with van der Waals surface area (Å²) in [6.45, 7) is 2.97. The number of hydrogen-bond donors (Lipinski definition) is 1. The molecule has 2 rings (SSSR count). The molecule has 0 aliphatic rings. The maximum absolute atomic E-state index is 11.9. The molecule has 0 aliphatic heterocycles. The van der Waals surface area contributed by atoms with Crippen LogP contribution in [0, 0.1) is 0 Å². The Morgan fingerprint density at radius 1 is 0.828 bits per heavy atom. The normalized spacial score (nSPS) is 11.2. The van der Waals surface area contributed by atoms with Gasteiger partial charge in [0.2, 0.25) is 5.91 Å². The second-order valence-electron chi connectivity index (χ2n) is 5.87. The van der Waals surface area contributed by atoms with E-state index in [0.29, 0.717) is 37.9 Å². The molecule has 2 aromatic rings. The molecule has 0 bridgehead atoms. The summed E-state index contributed by atoms with van der Waals surface area (Å²) in [7, 11) is -3.75. The van der Waals surface area contributed by atoms with E-state index in [1.807, 2.05) is 0 Å². The van der Waals surface area contributed by atoms with Crippen LogP contribution in [-0.2, 0) is 28.6 Å². The zero-order chi connectivity index (χ0) is 21.0. The van der Waals surface area contributed by atoms with E-state index in [1.165, 1.54) is 19.1 Å². The highest BCUT2D eigenvalue weighted by atomic mass is 32.2. The van der Waals surface area contributed by atoms with Gasteiger partial charge in [-0.3, -0.25) is 8.98 Å². The molecule has 2 aromatic carbocycles. The Kier molecular flexibility index (Phi) is 9.58. The lowest BCUT2D eigenvalue weighted by Gasteiger charge is -2.09. The molecule has 0 spiro atoms. The van der Waals surface area contributed by atoms with E-state index in [9.17, 15) is 13.2 Å². The summed E-state index contributed by atoms with van der Waals surface area (Å²) in [5, 5.41) is 2.68. The number of anilines is 1. The molecular formula is C20H25NO7S. The highest BCUT2D eigenvalue weighted by molar-refractivity contribution is 7.86. The van der Waals surface area contributed by atoms with E-state index >= 15 is 0 Å². The SMILES string of the molecule is CC(=O)Nc1ccc(OCCOCCOCCOS(=O)(=O)c2ccccc2)cc1. The van der Waals surface area contributed by atoms with Gasteiger partial charge in [-0.1, -0.05) is 18.2 Å². The van der Waals surface area contributed by atoms with Crippen molar-refractivity contribution in [1.29, 1.82) is 0 Å². The Morgan fingerprint density at radius 3 is 2.03 bits per heavy atom. The van der Waals surface area contributed by atoms with Gasteiger partial charge in [0.1, 0.15) is 12.4 Å². The lowest BCUT2D eigenvalue weighted by Crippen LogP contribution is -2.14. The molecule has 8 nitrogen and oxygen atoms in total. The first-order valence-electron chi connectivity index (χ1n) is 9.08. The van der Waals surface area contributed by atoms with Crippen LogP contribution in [0.1, 0.15) is 6.92 Å². The number of carbonyl (C=O) groups excluding carboxylic acids is 1. The van der Waals surface area contributed by atoms with Gasteiger partial charge in [0.05, 0.1) is 37.9 Å². The molecule has 0 aromatic heterocycles. The van der Waals surface area contributed by atoms with Crippen molar-refractivity contribution in [3.8, 4) is 5.75 Å². The number of ether oxygens (including phenoxy) is 3. The summed E-state index contributed by atoms with van der Waals surface area (Å²) in [4.78, 5) is 11.1.